The normalized spacial score (nSPS) is 24.5. The van der Waals surface area contributed by atoms with Gasteiger partial charge in [0.05, 0.1) is 5.66 Å². The molecule has 31 heavy (non-hydrogen) atoms. The van der Waals surface area contributed by atoms with Crippen LogP contribution in [0.25, 0.3) is 0 Å². The van der Waals surface area contributed by atoms with Gasteiger partial charge in [0.15, 0.2) is 0 Å². The van der Waals surface area contributed by atoms with Crippen molar-refractivity contribution in [1.82, 2.24) is 15.7 Å². The van der Waals surface area contributed by atoms with Crippen LogP contribution in [-0.2, 0) is 4.84 Å². The van der Waals surface area contributed by atoms with Gasteiger partial charge < -0.3 is 0 Å². The van der Waals surface area contributed by atoms with E-state index in [9.17, 15) is 0 Å². The molecule has 2 aromatic carbocycles. The van der Waals surface area contributed by atoms with Gasteiger partial charge in [-0.2, -0.15) is 5.48 Å². The van der Waals surface area contributed by atoms with Crippen molar-refractivity contribution < 1.29 is 4.84 Å². The zero-order chi connectivity index (χ0) is 20.1. The highest BCUT2D eigenvalue weighted by molar-refractivity contribution is 5.85. The summed E-state index contributed by atoms with van der Waals surface area (Å²) in [6.45, 7) is 3.05. The van der Waals surface area contributed by atoms with Crippen molar-refractivity contribution in [3.05, 3.63) is 71.8 Å². The Hall–Kier alpha value is -1.14. The van der Waals surface area contributed by atoms with Gasteiger partial charge in [0, 0.05) is 18.5 Å². The molecule has 0 radical (unpaired) electrons. The first kappa shape index (κ1) is 26.1. The molecule has 1 saturated carbocycles. The van der Waals surface area contributed by atoms with Crippen LogP contribution in [0.5, 0.6) is 0 Å². The van der Waals surface area contributed by atoms with E-state index in [4.69, 9.17) is 4.84 Å². The first-order valence-corrected chi connectivity index (χ1v) is 11.1. The lowest BCUT2D eigenvalue weighted by Gasteiger charge is -2.45. The van der Waals surface area contributed by atoms with E-state index in [1.54, 1.807) is 0 Å². The fraction of sp³-hybridized carbons (Fsp3) is 0.520. The van der Waals surface area contributed by atoms with Gasteiger partial charge in [0.2, 0.25) is 0 Å². The second kappa shape index (κ2) is 12.2. The second-order valence-electron chi connectivity index (χ2n) is 8.92. The molecule has 2 fully saturated rings. The third-order valence-corrected chi connectivity index (χ3v) is 6.71. The third kappa shape index (κ3) is 6.67. The molecule has 4 rings (SSSR count). The van der Waals surface area contributed by atoms with Crippen molar-refractivity contribution in [3.8, 4) is 0 Å². The predicted octanol–water partition coefficient (Wildman–Crippen LogP) is 5.48. The highest BCUT2D eigenvalue weighted by atomic mass is 35.5. The van der Waals surface area contributed by atoms with Crippen LogP contribution in [0.15, 0.2) is 60.7 Å². The molecule has 0 spiro atoms. The molecule has 0 amide bonds. The summed E-state index contributed by atoms with van der Waals surface area (Å²) in [5.41, 5.74) is 5.78. The molecule has 0 aromatic heterocycles. The summed E-state index contributed by atoms with van der Waals surface area (Å²) in [5.74, 6) is 0.304. The van der Waals surface area contributed by atoms with Crippen molar-refractivity contribution in [2.45, 2.75) is 69.3 Å². The summed E-state index contributed by atoms with van der Waals surface area (Å²) in [6.07, 6.45) is 7.64. The summed E-state index contributed by atoms with van der Waals surface area (Å²) in [6, 6.07) is 22.2. The highest BCUT2D eigenvalue weighted by Gasteiger charge is 2.37. The average molecular weight is 466 g/mol. The Labute approximate surface area is 199 Å². The molecule has 1 saturated heterocycles. The van der Waals surface area contributed by atoms with Crippen molar-refractivity contribution in [2.75, 3.05) is 13.6 Å². The van der Waals surface area contributed by atoms with Gasteiger partial charge in [-0.05, 0) is 44.4 Å². The van der Waals surface area contributed by atoms with Crippen LogP contribution >= 0.6 is 24.8 Å². The van der Waals surface area contributed by atoms with Crippen molar-refractivity contribution in [2.24, 2.45) is 0 Å². The summed E-state index contributed by atoms with van der Waals surface area (Å²) in [4.78, 5) is 8.62. The van der Waals surface area contributed by atoms with E-state index in [1.807, 2.05) is 0 Å². The van der Waals surface area contributed by atoms with Crippen LogP contribution in [0, 0.1) is 0 Å². The number of nitrogens with one attached hydrogen (secondary N) is 2. The molecule has 4 nitrogen and oxygen atoms in total. The number of rotatable bonds is 6. The lowest BCUT2D eigenvalue weighted by atomic mass is 9.84. The Balaban J connectivity index is 0.00000171. The molecule has 2 N–H and O–H groups in total. The maximum atomic E-state index is 6.19. The first-order chi connectivity index (χ1) is 14.1. The summed E-state index contributed by atoms with van der Waals surface area (Å²) >= 11 is 0. The monoisotopic (exact) mass is 465 g/mol. The second-order valence-corrected chi connectivity index (χ2v) is 8.92. The van der Waals surface area contributed by atoms with Gasteiger partial charge >= 0.3 is 0 Å². The Bertz CT molecular complexity index is 708. The number of hydroxylamine groups is 1. The largest absolute Gasteiger partial charge is 0.294 e. The summed E-state index contributed by atoms with van der Waals surface area (Å²) in [5, 5.41) is 3.76. The zero-order valence-electron chi connectivity index (χ0n) is 18.6. The van der Waals surface area contributed by atoms with Gasteiger partial charge in [-0.25, -0.2) is 0 Å². The molecule has 2 unspecified atom stereocenters. The third-order valence-electron chi connectivity index (χ3n) is 6.71. The minimum Gasteiger partial charge on any atom is -0.294 e. The van der Waals surface area contributed by atoms with E-state index in [0.29, 0.717) is 12.0 Å². The maximum absolute atomic E-state index is 6.19. The Kier molecular flexibility index (Phi) is 10.3. The fourth-order valence-electron chi connectivity index (χ4n) is 4.86. The SMILES string of the molecule is CN(C1CCCCC1)C1CNC(C)(CC(c2ccccc2)c2ccccc2)NO1.Cl.Cl. The van der Waals surface area contributed by atoms with Gasteiger partial charge in [-0.1, -0.05) is 79.9 Å². The molecule has 1 aliphatic carbocycles. The van der Waals surface area contributed by atoms with E-state index in [1.165, 1.54) is 43.2 Å². The Morgan fingerprint density at radius 2 is 1.48 bits per heavy atom. The number of halogens is 2. The number of hydrogen-bond acceptors (Lipinski definition) is 4. The first-order valence-electron chi connectivity index (χ1n) is 11.1. The van der Waals surface area contributed by atoms with Gasteiger partial charge in [0.1, 0.15) is 6.23 Å². The van der Waals surface area contributed by atoms with E-state index >= 15 is 0 Å². The van der Waals surface area contributed by atoms with E-state index in [-0.39, 0.29) is 36.7 Å². The molecule has 1 aliphatic heterocycles. The van der Waals surface area contributed by atoms with Crippen LogP contribution in [0.4, 0.5) is 0 Å². The van der Waals surface area contributed by atoms with Gasteiger partial charge in [-0.3, -0.25) is 15.1 Å². The smallest absolute Gasteiger partial charge is 0.144 e. The average Bonchev–Trinajstić information content (AvgIpc) is 2.79. The Morgan fingerprint density at radius 3 is 1.97 bits per heavy atom. The van der Waals surface area contributed by atoms with E-state index in [2.05, 4.69) is 90.3 Å². The molecular weight excluding hydrogens is 429 g/mol. The van der Waals surface area contributed by atoms with Crippen LogP contribution in [0.1, 0.15) is 62.5 Å². The standard InChI is InChI=1S/C25H35N3O.2ClH/c1-25(26-19-24(29-27-25)28(2)22-16-10-5-11-17-22)18-23(20-12-6-3-7-13-20)21-14-8-4-9-15-21;;/h3-4,6-9,12-15,22-24,26-27H,5,10-11,16-19H2,1-2H3;2*1H. The maximum Gasteiger partial charge on any atom is 0.144 e. The van der Waals surface area contributed by atoms with Gasteiger partial charge in [0.25, 0.3) is 0 Å². The summed E-state index contributed by atoms with van der Waals surface area (Å²) in [7, 11) is 2.21. The molecular formula is C25H37Cl2N3O. The predicted molar refractivity (Wildman–Crippen MR) is 133 cm³/mol. The van der Waals surface area contributed by atoms with Crippen molar-refractivity contribution in [3.63, 3.8) is 0 Å². The van der Waals surface area contributed by atoms with Crippen LogP contribution in [0.3, 0.4) is 0 Å². The highest BCUT2D eigenvalue weighted by Crippen LogP contribution is 2.33. The molecule has 0 bridgehead atoms. The number of nitrogens with zero attached hydrogens (tertiary/aromatic N) is 1. The van der Waals surface area contributed by atoms with Crippen molar-refractivity contribution >= 4 is 24.8 Å². The summed E-state index contributed by atoms with van der Waals surface area (Å²) < 4.78 is 0. The van der Waals surface area contributed by atoms with E-state index < -0.39 is 0 Å². The number of hydrogen-bond donors (Lipinski definition) is 2. The molecule has 2 atom stereocenters. The lowest BCUT2D eigenvalue weighted by Crippen LogP contribution is -2.66. The van der Waals surface area contributed by atoms with Crippen LogP contribution in [-0.4, -0.2) is 36.4 Å². The lowest BCUT2D eigenvalue weighted by molar-refractivity contribution is -0.180. The topological polar surface area (TPSA) is 36.5 Å². The molecule has 2 aliphatic rings. The fourth-order valence-corrected chi connectivity index (χ4v) is 4.86. The number of likely N-dealkylation sites (N-methyl/N-ethyl adjacent to an activating group) is 1. The van der Waals surface area contributed by atoms with Gasteiger partial charge in [-0.15, -0.1) is 24.8 Å². The quantitative estimate of drug-likeness (QED) is 0.591. The van der Waals surface area contributed by atoms with E-state index in [0.717, 1.165) is 13.0 Å². The van der Waals surface area contributed by atoms with Crippen molar-refractivity contribution in [1.29, 1.82) is 0 Å². The zero-order valence-corrected chi connectivity index (χ0v) is 20.3. The van der Waals surface area contributed by atoms with Crippen LogP contribution < -0.4 is 10.8 Å². The molecule has 1 heterocycles. The molecule has 172 valence electrons. The minimum atomic E-state index is -0.278. The number of benzene rings is 2. The molecule has 2 aromatic rings. The van der Waals surface area contributed by atoms with Crippen LogP contribution in [0.2, 0.25) is 0 Å². The minimum absolute atomic E-state index is 0. The Morgan fingerprint density at radius 1 is 0.935 bits per heavy atom. The molecule has 6 heteroatoms.